The Morgan fingerprint density at radius 2 is 2.27 bits per heavy atom. The SMILES string of the molecule is C=CC(C)c1cccc([N+](=O)[O-])c1CC. The lowest BCUT2D eigenvalue weighted by molar-refractivity contribution is -0.385. The Kier molecular flexibility index (Phi) is 3.61. The number of rotatable bonds is 4. The molecular formula is C12H15NO2. The van der Waals surface area contributed by atoms with Gasteiger partial charge in [-0.15, -0.1) is 6.58 Å². The van der Waals surface area contributed by atoms with Gasteiger partial charge in [0.2, 0.25) is 0 Å². The smallest absolute Gasteiger partial charge is 0.258 e. The summed E-state index contributed by atoms with van der Waals surface area (Å²) in [6.07, 6.45) is 2.48. The molecule has 0 bridgehead atoms. The lowest BCUT2D eigenvalue weighted by Crippen LogP contribution is -2.01. The Morgan fingerprint density at radius 1 is 1.60 bits per heavy atom. The summed E-state index contributed by atoms with van der Waals surface area (Å²) in [5.41, 5.74) is 2.03. The summed E-state index contributed by atoms with van der Waals surface area (Å²) in [6, 6.07) is 5.21. The van der Waals surface area contributed by atoms with Gasteiger partial charge in [-0.3, -0.25) is 10.1 Å². The summed E-state index contributed by atoms with van der Waals surface area (Å²) in [7, 11) is 0. The molecule has 15 heavy (non-hydrogen) atoms. The average molecular weight is 205 g/mol. The molecule has 0 aliphatic rings. The van der Waals surface area contributed by atoms with Crippen LogP contribution in [-0.2, 0) is 6.42 Å². The van der Waals surface area contributed by atoms with Crippen LogP contribution >= 0.6 is 0 Å². The van der Waals surface area contributed by atoms with E-state index in [1.165, 1.54) is 0 Å². The first kappa shape index (κ1) is 11.4. The Labute approximate surface area is 89.6 Å². The number of nitro benzene ring substituents is 1. The van der Waals surface area contributed by atoms with Crippen LogP contribution in [0.3, 0.4) is 0 Å². The predicted octanol–water partition coefficient (Wildman–Crippen LogP) is 3.45. The van der Waals surface area contributed by atoms with Crippen molar-refractivity contribution in [1.82, 2.24) is 0 Å². The maximum Gasteiger partial charge on any atom is 0.272 e. The molecule has 0 aliphatic heterocycles. The van der Waals surface area contributed by atoms with E-state index in [9.17, 15) is 10.1 Å². The predicted molar refractivity (Wildman–Crippen MR) is 61.1 cm³/mol. The molecule has 0 heterocycles. The fourth-order valence-electron chi connectivity index (χ4n) is 1.70. The van der Waals surface area contributed by atoms with Crippen LogP contribution in [-0.4, -0.2) is 4.92 Å². The molecule has 0 spiro atoms. The average Bonchev–Trinajstić information content (AvgIpc) is 2.26. The third-order valence-electron chi connectivity index (χ3n) is 2.58. The van der Waals surface area contributed by atoms with Crippen LogP contribution in [0.1, 0.15) is 30.9 Å². The number of nitro groups is 1. The van der Waals surface area contributed by atoms with E-state index in [0.717, 1.165) is 11.1 Å². The highest BCUT2D eigenvalue weighted by Crippen LogP contribution is 2.28. The Morgan fingerprint density at radius 3 is 2.73 bits per heavy atom. The molecule has 1 atom stereocenters. The van der Waals surface area contributed by atoms with Crippen molar-refractivity contribution in [2.75, 3.05) is 0 Å². The third-order valence-corrected chi connectivity index (χ3v) is 2.58. The lowest BCUT2D eigenvalue weighted by Gasteiger charge is -2.11. The summed E-state index contributed by atoms with van der Waals surface area (Å²) in [5, 5.41) is 10.8. The van der Waals surface area contributed by atoms with Crippen LogP contribution < -0.4 is 0 Å². The van der Waals surface area contributed by atoms with Gasteiger partial charge in [-0.2, -0.15) is 0 Å². The molecule has 1 unspecified atom stereocenters. The second-order valence-electron chi connectivity index (χ2n) is 3.48. The molecule has 1 rings (SSSR count). The summed E-state index contributed by atoms with van der Waals surface area (Å²) in [6.45, 7) is 7.64. The number of nitrogens with zero attached hydrogens (tertiary/aromatic N) is 1. The highest BCUT2D eigenvalue weighted by atomic mass is 16.6. The van der Waals surface area contributed by atoms with Gasteiger partial charge >= 0.3 is 0 Å². The van der Waals surface area contributed by atoms with Gasteiger partial charge in [0.05, 0.1) is 4.92 Å². The molecule has 0 aromatic heterocycles. The molecule has 1 aromatic rings. The van der Waals surface area contributed by atoms with E-state index in [1.807, 2.05) is 19.9 Å². The van der Waals surface area contributed by atoms with Crippen molar-refractivity contribution in [1.29, 1.82) is 0 Å². The molecule has 0 N–H and O–H groups in total. The van der Waals surface area contributed by atoms with Crippen LogP contribution in [0.15, 0.2) is 30.9 Å². The van der Waals surface area contributed by atoms with Gasteiger partial charge in [-0.1, -0.05) is 32.1 Å². The van der Waals surface area contributed by atoms with Gasteiger partial charge in [-0.05, 0) is 17.9 Å². The van der Waals surface area contributed by atoms with Gasteiger partial charge in [-0.25, -0.2) is 0 Å². The van der Waals surface area contributed by atoms with Gasteiger partial charge < -0.3 is 0 Å². The standard InChI is InChI=1S/C12H15NO2/c1-4-9(3)11-7-6-8-12(13(14)15)10(11)5-2/h4,6-9H,1,5H2,2-3H3. The molecule has 0 radical (unpaired) electrons. The number of hydrogen-bond acceptors (Lipinski definition) is 2. The van der Waals surface area contributed by atoms with E-state index in [-0.39, 0.29) is 16.5 Å². The first-order valence-electron chi connectivity index (χ1n) is 5.00. The van der Waals surface area contributed by atoms with Crippen molar-refractivity contribution in [2.24, 2.45) is 0 Å². The topological polar surface area (TPSA) is 43.1 Å². The molecule has 0 amide bonds. The zero-order valence-corrected chi connectivity index (χ0v) is 9.06. The van der Waals surface area contributed by atoms with Crippen LogP contribution in [0, 0.1) is 10.1 Å². The Balaban J connectivity index is 3.34. The summed E-state index contributed by atoms with van der Waals surface area (Å²) in [4.78, 5) is 10.5. The first-order valence-corrected chi connectivity index (χ1v) is 5.00. The molecule has 0 saturated heterocycles. The maximum atomic E-state index is 10.8. The van der Waals surface area contributed by atoms with Crippen molar-refractivity contribution < 1.29 is 4.92 Å². The van der Waals surface area contributed by atoms with Crippen LogP contribution in [0.4, 0.5) is 5.69 Å². The van der Waals surface area contributed by atoms with E-state index in [2.05, 4.69) is 6.58 Å². The van der Waals surface area contributed by atoms with E-state index in [1.54, 1.807) is 18.2 Å². The number of hydrogen-bond donors (Lipinski definition) is 0. The zero-order valence-electron chi connectivity index (χ0n) is 9.06. The molecule has 3 heteroatoms. The quantitative estimate of drug-likeness (QED) is 0.429. The minimum atomic E-state index is -0.321. The summed E-state index contributed by atoms with van der Waals surface area (Å²) < 4.78 is 0. The molecule has 3 nitrogen and oxygen atoms in total. The van der Waals surface area contributed by atoms with Gasteiger partial charge in [0.1, 0.15) is 0 Å². The molecule has 1 aromatic carbocycles. The highest BCUT2D eigenvalue weighted by molar-refractivity contribution is 5.47. The zero-order chi connectivity index (χ0) is 11.4. The van der Waals surface area contributed by atoms with Crippen LogP contribution in [0.2, 0.25) is 0 Å². The van der Waals surface area contributed by atoms with E-state index in [4.69, 9.17) is 0 Å². The second kappa shape index (κ2) is 4.73. The minimum absolute atomic E-state index is 0.153. The van der Waals surface area contributed by atoms with Gasteiger partial charge in [0.15, 0.2) is 0 Å². The Bertz CT molecular complexity index is 385. The van der Waals surface area contributed by atoms with Crippen molar-refractivity contribution >= 4 is 5.69 Å². The van der Waals surface area contributed by atoms with E-state index in [0.29, 0.717) is 6.42 Å². The van der Waals surface area contributed by atoms with Crippen molar-refractivity contribution in [3.8, 4) is 0 Å². The van der Waals surface area contributed by atoms with Crippen molar-refractivity contribution in [3.63, 3.8) is 0 Å². The number of benzene rings is 1. The van der Waals surface area contributed by atoms with E-state index >= 15 is 0 Å². The molecular weight excluding hydrogens is 190 g/mol. The minimum Gasteiger partial charge on any atom is -0.258 e. The molecule has 80 valence electrons. The third kappa shape index (κ3) is 2.24. The molecule has 0 fully saturated rings. The summed E-state index contributed by atoms with van der Waals surface area (Å²) >= 11 is 0. The van der Waals surface area contributed by atoms with Crippen LogP contribution in [0.25, 0.3) is 0 Å². The monoisotopic (exact) mass is 205 g/mol. The second-order valence-corrected chi connectivity index (χ2v) is 3.48. The van der Waals surface area contributed by atoms with Gasteiger partial charge in [0.25, 0.3) is 5.69 Å². The molecule has 0 aliphatic carbocycles. The Hall–Kier alpha value is -1.64. The fourth-order valence-corrected chi connectivity index (χ4v) is 1.70. The maximum absolute atomic E-state index is 10.8. The fraction of sp³-hybridized carbons (Fsp3) is 0.333. The first-order chi connectivity index (χ1) is 7.11. The van der Waals surface area contributed by atoms with E-state index < -0.39 is 0 Å². The highest BCUT2D eigenvalue weighted by Gasteiger charge is 2.17. The lowest BCUT2D eigenvalue weighted by atomic mass is 9.93. The largest absolute Gasteiger partial charge is 0.272 e. The van der Waals surface area contributed by atoms with Gasteiger partial charge in [0, 0.05) is 11.6 Å². The van der Waals surface area contributed by atoms with Crippen molar-refractivity contribution in [3.05, 3.63) is 52.1 Å². The summed E-state index contributed by atoms with van der Waals surface area (Å²) in [5.74, 6) is 0.153. The van der Waals surface area contributed by atoms with Crippen molar-refractivity contribution in [2.45, 2.75) is 26.2 Å². The van der Waals surface area contributed by atoms with Crippen LogP contribution in [0.5, 0.6) is 0 Å². The molecule has 0 saturated carbocycles. The normalized spacial score (nSPS) is 12.1. The number of allylic oxidation sites excluding steroid dienone is 1.